The Morgan fingerprint density at radius 2 is 2.17 bits per heavy atom. The Morgan fingerprint density at radius 3 is 2.17 bits per heavy atom. The molecule has 0 aliphatic rings. The molecule has 0 spiro atoms. The molecule has 1 unspecified atom stereocenters. The fourth-order valence-electron chi connectivity index (χ4n) is 0.236. The molecule has 1 atom stereocenters. The minimum Gasteiger partial charge on any atom is -0.0651 e. The number of rotatable bonds is 2. The van der Waals surface area contributed by atoms with Gasteiger partial charge in [0.25, 0.3) is 0 Å². The summed E-state index contributed by atoms with van der Waals surface area (Å²) >= 11 is 0. The Bertz CT molecular complexity index is 19.2. The summed E-state index contributed by atoms with van der Waals surface area (Å²) in [5.41, 5.74) is 0. The van der Waals surface area contributed by atoms with Gasteiger partial charge in [-0.15, -0.1) is 0 Å². The lowest BCUT2D eigenvalue weighted by atomic mass is 10.1. The highest BCUT2D eigenvalue weighted by Gasteiger charge is 1.89. The maximum atomic E-state index is 2.22. The highest BCUT2D eigenvalue weighted by Crippen LogP contribution is 2.01. The molecule has 1 radical (unpaired) electrons. The molecule has 37 valence electrons. The van der Waals surface area contributed by atoms with E-state index in [-0.39, 0.29) is 0 Å². The molecule has 0 amide bonds. The molecule has 0 heterocycles. The van der Waals surface area contributed by atoms with Crippen LogP contribution >= 0.6 is 0 Å². The summed E-state index contributed by atoms with van der Waals surface area (Å²) < 4.78 is 0. The van der Waals surface area contributed by atoms with Gasteiger partial charge < -0.3 is 0 Å². The lowest BCUT2D eigenvalue weighted by Gasteiger charge is -1.98. The van der Waals surface area contributed by atoms with E-state index in [0.29, 0.717) is 0 Å². The van der Waals surface area contributed by atoms with Crippen molar-refractivity contribution in [2.24, 2.45) is 5.92 Å². The molecule has 0 N–H and O–H groups in total. The quantitative estimate of drug-likeness (QED) is 0.482. The van der Waals surface area contributed by atoms with E-state index in [1.807, 2.05) is 0 Å². The van der Waals surface area contributed by atoms with E-state index in [2.05, 4.69) is 27.2 Å². The third-order valence-electron chi connectivity index (χ3n) is 1.21. The van der Waals surface area contributed by atoms with Gasteiger partial charge in [0.05, 0.1) is 0 Å². The zero-order valence-electron chi connectivity index (χ0n) is 4.86. The van der Waals surface area contributed by atoms with E-state index in [0.717, 1.165) is 5.92 Å². The van der Waals surface area contributed by atoms with E-state index in [1.54, 1.807) is 0 Å². The predicted octanol–water partition coefficient (Wildman–Crippen LogP) is 2.26. The topological polar surface area (TPSA) is 0 Å². The lowest BCUT2D eigenvalue weighted by molar-refractivity contribution is 0.649. The summed E-state index contributed by atoms with van der Waals surface area (Å²) in [6.07, 6.45) is 3.50. The highest BCUT2D eigenvalue weighted by molar-refractivity contribution is 4.62. The van der Waals surface area contributed by atoms with Gasteiger partial charge in [0.15, 0.2) is 0 Å². The molecular weight excluding hydrogens is 72.1 g/mol. The van der Waals surface area contributed by atoms with Gasteiger partial charge in [-0.05, 0) is 12.3 Å². The van der Waals surface area contributed by atoms with Gasteiger partial charge in [0.2, 0.25) is 0 Å². The second-order valence-corrected chi connectivity index (χ2v) is 1.72. The van der Waals surface area contributed by atoms with Crippen molar-refractivity contribution >= 4 is 0 Å². The molecule has 0 aromatic heterocycles. The number of hydrogen-bond acceptors (Lipinski definition) is 0. The van der Waals surface area contributed by atoms with Crippen LogP contribution in [0.25, 0.3) is 0 Å². The molecule has 0 nitrogen and oxygen atoms in total. The van der Waals surface area contributed by atoms with Crippen molar-refractivity contribution in [2.75, 3.05) is 0 Å². The van der Waals surface area contributed by atoms with Gasteiger partial charge >= 0.3 is 0 Å². The molecule has 0 rings (SSSR count). The van der Waals surface area contributed by atoms with E-state index in [1.165, 1.54) is 6.42 Å². The minimum absolute atomic E-state index is 0.810. The standard InChI is InChI=1S/C6H13/c1-4-6(3)5-2/h4,6H,5H2,1-3H3. The van der Waals surface area contributed by atoms with E-state index >= 15 is 0 Å². The summed E-state index contributed by atoms with van der Waals surface area (Å²) in [5.74, 6) is 0.810. The van der Waals surface area contributed by atoms with Crippen LogP contribution in [-0.4, -0.2) is 0 Å². The molecule has 0 aliphatic carbocycles. The number of hydrogen-bond donors (Lipinski definition) is 0. The van der Waals surface area contributed by atoms with Crippen LogP contribution < -0.4 is 0 Å². The molecule has 0 heteroatoms. The van der Waals surface area contributed by atoms with Crippen LogP contribution in [0.2, 0.25) is 0 Å². The van der Waals surface area contributed by atoms with Gasteiger partial charge in [-0.2, -0.15) is 0 Å². The van der Waals surface area contributed by atoms with Gasteiger partial charge in [-0.1, -0.05) is 27.2 Å². The minimum atomic E-state index is 0.810. The fourth-order valence-corrected chi connectivity index (χ4v) is 0.236. The van der Waals surface area contributed by atoms with Crippen LogP contribution in [0.5, 0.6) is 0 Å². The summed E-state index contributed by atoms with van der Waals surface area (Å²) in [6.45, 7) is 6.53. The third kappa shape index (κ3) is 2.25. The van der Waals surface area contributed by atoms with Gasteiger partial charge in [0.1, 0.15) is 0 Å². The van der Waals surface area contributed by atoms with Crippen molar-refractivity contribution in [3.8, 4) is 0 Å². The molecule has 0 bridgehead atoms. The Balaban J connectivity index is 2.75. The van der Waals surface area contributed by atoms with E-state index in [4.69, 9.17) is 0 Å². The van der Waals surface area contributed by atoms with Gasteiger partial charge in [0, 0.05) is 0 Å². The van der Waals surface area contributed by atoms with Crippen LogP contribution in [0.4, 0.5) is 0 Å². The first kappa shape index (κ1) is 6.00. The maximum absolute atomic E-state index is 2.22. The van der Waals surface area contributed by atoms with Crippen LogP contribution in [0.15, 0.2) is 0 Å². The molecule has 0 aromatic carbocycles. The van der Waals surface area contributed by atoms with Crippen LogP contribution in [0.3, 0.4) is 0 Å². The van der Waals surface area contributed by atoms with Crippen LogP contribution in [0.1, 0.15) is 27.2 Å². The zero-order valence-corrected chi connectivity index (χ0v) is 4.86. The maximum Gasteiger partial charge on any atom is -0.0389 e. The first-order valence-corrected chi connectivity index (χ1v) is 2.60. The van der Waals surface area contributed by atoms with Crippen molar-refractivity contribution in [3.63, 3.8) is 0 Å². The molecule has 0 saturated carbocycles. The molecule has 0 aromatic rings. The second-order valence-electron chi connectivity index (χ2n) is 1.72. The summed E-state index contributed by atoms with van der Waals surface area (Å²) in [4.78, 5) is 0. The molecular formula is C6H13. The van der Waals surface area contributed by atoms with Crippen LogP contribution in [0, 0.1) is 12.3 Å². The van der Waals surface area contributed by atoms with Gasteiger partial charge in [-0.3, -0.25) is 0 Å². The average molecular weight is 85.2 g/mol. The lowest BCUT2D eigenvalue weighted by Crippen LogP contribution is -1.86. The van der Waals surface area contributed by atoms with Crippen molar-refractivity contribution in [1.29, 1.82) is 0 Å². The zero-order chi connectivity index (χ0) is 4.99. The average Bonchev–Trinajstić information content (AvgIpc) is 1.65. The predicted molar refractivity (Wildman–Crippen MR) is 29.4 cm³/mol. The van der Waals surface area contributed by atoms with Crippen molar-refractivity contribution in [1.82, 2.24) is 0 Å². The first-order valence-electron chi connectivity index (χ1n) is 2.60. The first-order chi connectivity index (χ1) is 2.81. The Kier molecular flexibility index (Phi) is 3.20. The van der Waals surface area contributed by atoms with Crippen molar-refractivity contribution in [2.45, 2.75) is 27.2 Å². The highest BCUT2D eigenvalue weighted by atomic mass is 13.9. The normalized spacial score (nSPS) is 10.0. The third-order valence-corrected chi connectivity index (χ3v) is 1.21. The molecule has 0 aliphatic heterocycles. The van der Waals surface area contributed by atoms with Crippen molar-refractivity contribution in [3.05, 3.63) is 6.42 Å². The van der Waals surface area contributed by atoms with E-state index < -0.39 is 0 Å². The van der Waals surface area contributed by atoms with E-state index in [9.17, 15) is 0 Å². The summed E-state index contributed by atoms with van der Waals surface area (Å²) in [6, 6.07) is 0. The van der Waals surface area contributed by atoms with Crippen LogP contribution in [-0.2, 0) is 0 Å². The fraction of sp³-hybridized carbons (Fsp3) is 0.833. The Labute approximate surface area is 40.6 Å². The monoisotopic (exact) mass is 85.1 g/mol. The summed E-state index contributed by atoms with van der Waals surface area (Å²) in [5, 5.41) is 0. The Morgan fingerprint density at radius 1 is 1.67 bits per heavy atom. The Hall–Kier alpha value is 0. The second kappa shape index (κ2) is 3.20. The summed E-state index contributed by atoms with van der Waals surface area (Å²) in [7, 11) is 0. The molecule has 6 heavy (non-hydrogen) atoms. The van der Waals surface area contributed by atoms with Gasteiger partial charge in [-0.25, -0.2) is 0 Å². The smallest absolute Gasteiger partial charge is 0.0389 e. The van der Waals surface area contributed by atoms with Crippen molar-refractivity contribution < 1.29 is 0 Å². The SMILES string of the molecule is C[CH]C(C)CC. The molecule has 0 saturated heterocycles. The molecule has 0 fully saturated rings. The largest absolute Gasteiger partial charge is 0.0651 e.